The summed E-state index contributed by atoms with van der Waals surface area (Å²) in [6.45, 7) is 0. The van der Waals surface area contributed by atoms with Gasteiger partial charge in [0.15, 0.2) is 5.52 Å². The number of halogens is 3. The Morgan fingerprint density at radius 3 is 2.27 bits per heavy atom. The molecule has 9 heteroatoms. The fourth-order valence-corrected chi connectivity index (χ4v) is 4.00. The molecule has 2 aromatic carbocycles. The van der Waals surface area contributed by atoms with E-state index in [-0.39, 0.29) is 11.2 Å². The third kappa shape index (κ3) is 3.32. The van der Waals surface area contributed by atoms with Gasteiger partial charge in [0.2, 0.25) is 0 Å². The summed E-state index contributed by atoms with van der Waals surface area (Å²) in [5.41, 5.74) is 0.157. The SMILES string of the molecule is COc1ccc(-c2c3c(nn2C)c(=O)n(-c2ccccc2)c2nc(C(F)(F)F)ccc32)cc1. The molecular formula is C24H17F3N4O2. The van der Waals surface area contributed by atoms with Crippen molar-refractivity contribution in [3.05, 3.63) is 82.8 Å². The molecule has 0 aliphatic carbocycles. The van der Waals surface area contributed by atoms with Crippen LogP contribution in [0.15, 0.2) is 71.5 Å². The average Bonchev–Trinajstić information content (AvgIpc) is 3.16. The van der Waals surface area contributed by atoms with Gasteiger partial charge in [0.05, 0.1) is 18.5 Å². The van der Waals surface area contributed by atoms with Crippen LogP contribution in [0.5, 0.6) is 5.75 Å². The maximum atomic E-state index is 13.5. The summed E-state index contributed by atoms with van der Waals surface area (Å²) in [5, 5.41) is 5.27. The van der Waals surface area contributed by atoms with Crippen molar-refractivity contribution < 1.29 is 17.9 Å². The van der Waals surface area contributed by atoms with Gasteiger partial charge in [0.25, 0.3) is 5.56 Å². The Bertz CT molecular complexity index is 1550. The van der Waals surface area contributed by atoms with Gasteiger partial charge in [-0.3, -0.25) is 14.0 Å². The van der Waals surface area contributed by atoms with Crippen molar-refractivity contribution in [2.24, 2.45) is 7.05 Å². The maximum Gasteiger partial charge on any atom is 0.433 e. The van der Waals surface area contributed by atoms with Gasteiger partial charge >= 0.3 is 6.18 Å². The number of nitrogens with zero attached hydrogens (tertiary/aromatic N) is 4. The summed E-state index contributed by atoms with van der Waals surface area (Å²) in [6.07, 6.45) is -4.66. The van der Waals surface area contributed by atoms with Gasteiger partial charge in [-0.2, -0.15) is 18.3 Å². The number of para-hydroxylation sites is 1. The summed E-state index contributed by atoms with van der Waals surface area (Å²) in [5.74, 6) is 0.651. The molecule has 0 amide bonds. The molecule has 0 radical (unpaired) electrons. The summed E-state index contributed by atoms with van der Waals surface area (Å²) in [6, 6.07) is 17.9. The van der Waals surface area contributed by atoms with Crippen LogP contribution >= 0.6 is 0 Å². The van der Waals surface area contributed by atoms with Gasteiger partial charge in [0, 0.05) is 23.4 Å². The Labute approximate surface area is 185 Å². The molecular weight excluding hydrogens is 433 g/mol. The molecule has 0 spiro atoms. The van der Waals surface area contributed by atoms with Crippen LogP contribution in [0.2, 0.25) is 0 Å². The minimum atomic E-state index is -4.66. The molecule has 0 saturated carbocycles. The monoisotopic (exact) mass is 450 g/mol. The van der Waals surface area contributed by atoms with E-state index >= 15 is 0 Å². The van der Waals surface area contributed by atoms with Crippen LogP contribution in [-0.4, -0.2) is 26.4 Å². The zero-order valence-corrected chi connectivity index (χ0v) is 17.6. The second-order valence-corrected chi connectivity index (χ2v) is 7.47. The molecule has 5 rings (SSSR count). The highest BCUT2D eigenvalue weighted by molar-refractivity contribution is 6.10. The standard InChI is InChI=1S/C24H17F3N4O2/c1-30-21(14-8-10-16(33-2)11-9-14)19-17-12-13-18(24(25,26)27)28-22(17)31(23(32)20(19)29-30)15-6-4-3-5-7-15/h3-13H,1-2H3. The topological polar surface area (TPSA) is 61.9 Å². The Balaban J connectivity index is 1.94. The summed E-state index contributed by atoms with van der Waals surface area (Å²) in [7, 11) is 3.24. The number of fused-ring (bicyclic) bond motifs is 3. The van der Waals surface area contributed by atoms with E-state index in [9.17, 15) is 18.0 Å². The normalized spacial score (nSPS) is 11.9. The van der Waals surface area contributed by atoms with Crippen molar-refractivity contribution in [3.63, 3.8) is 0 Å². The van der Waals surface area contributed by atoms with E-state index in [4.69, 9.17) is 4.74 Å². The average molecular weight is 450 g/mol. The van der Waals surface area contributed by atoms with Crippen LogP contribution in [0.3, 0.4) is 0 Å². The van der Waals surface area contributed by atoms with Crippen LogP contribution in [0.4, 0.5) is 13.2 Å². The molecule has 0 aliphatic rings. The number of hydrogen-bond donors (Lipinski definition) is 0. The third-order valence-electron chi connectivity index (χ3n) is 5.48. The van der Waals surface area contributed by atoms with Crippen LogP contribution in [0, 0.1) is 0 Å². The molecule has 0 aliphatic heterocycles. The first-order valence-electron chi connectivity index (χ1n) is 9.99. The van der Waals surface area contributed by atoms with Gasteiger partial charge in [-0.15, -0.1) is 0 Å². The molecule has 166 valence electrons. The fraction of sp³-hybridized carbons (Fsp3) is 0.125. The van der Waals surface area contributed by atoms with Gasteiger partial charge in [-0.25, -0.2) is 4.98 Å². The Morgan fingerprint density at radius 2 is 1.64 bits per heavy atom. The lowest BCUT2D eigenvalue weighted by Crippen LogP contribution is -2.21. The van der Waals surface area contributed by atoms with E-state index in [1.807, 2.05) is 0 Å². The molecule has 0 saturated heterocycles. The zero-order chi connectivity index (χ0) is 23.3. The highest BCUT2D eigenvalue weighted by atomic mass is 19.4. The van der Waals surface area contributed by atoms with E-state index in [1.54, 1.807) is 73.4 Å². The van der Waals surface area contributed by atoms with Gasteiger partial charge in [-0.05, 0) is 48.5 Å². The van der Waals surface area contributed by atoms with Gasteiger partial charge < -0.3 is 4.74 Å². The van der Waals surface area contributed by atoms with E-state index in [2.05, 4.69) is 10.1 Å². The smallest absolute Gasteiger partial charge is 0.433 e. The minimum absolute atomic E-state index is 0.0868. The first kappa shape index (κ1) is 20.7. The molecule has 0 bridgehead atoms. The second kappa shape index (κ2) is 7.47. The predicted octanol–water partition coefficient (Wildman–Crippen LogP) is 4.97. The number of alkyl halides is 3. The first-order valence-corrected chi connectivity index (χ1v) is 9.99. The molecule has 0 N–H and O–H groups in total. The minimum Gasteiger partial charge on any atom is -0.497 e. The molecule has 5 aromatic rings. The molecule has 6 nitrogen and oxygen atoms in total. The molecule has 3 heterocycles. The van der Waals surface area contributed by atoms with Crippen molar-refractivity contribution in [1.82, 2.24) is 19.3 Å². The number of rotatable bonds is 3. The highest BCUT2D eigenvalue weighted by Crippen LogP contribution is 2.35. The fourth-order valence-electron chi connectivity index (χ4n) is 4.00. The van der Waals surface area contributed by atoms with Crippen LogP contribution in [0.1, 0.15) is 5.69 Å². The molecule has 0 fully saturated rings. The number of pyridine rings is 2. The van der Waals surface area contributed by atoms with Crippen molar-refractivity contribution >= 4 is 21.9 Å². The summed E-state index contributed by atoms with van der Waals surface area (Å²) in [4.78, 5) is 17.4. The van der Waals surface area contributed by atoms with Crippen LogP contribution in [0.25, 0.3) is 38.9 Å². The molecule has 3 aromatic heterocycles. The number of methoxy groups -OCH3 is 1. The predicted molar refractivity (Wildman–Crippen MR) is 119 cm³/mol. The van der Waals surface area contributed by atoms with Crippen molar-refractivity contribution in [2.45, 2.75) is 6.18 Å². The van der Waals surface area contributed by atoms with E-state index in [0.29, 0.717) is 27.9 Å². The molecule has 0 atom stereocenters. The Kier molecular flexibility index (Phi) is 4.70. The quantitative estimate of drug-likeness (QED) is 0.390. The third-order valence-corrected chi connectivity index (χ3v) is 5.48. The first-order chi connectivity index (χ1) is 15.8. The number of aryl methyl sites for hydroxylation is 1. The van der Waals surface area contributed by atoms with Crippen molar-refractivity contribution in [1.29, 1.82) is 0 Å². The lowest BCUT2D eigenvalue weighted by molar-refractivity contribution is -0.141. The van der Waals surface area contributed by atoms with E-state index in [1.165, 1.54) is 10.6 Å². The molecule has 0 unspecified atom stereocenters. The van der Waals surface area contributed by atoms with Gasteiger partial charge in [0.1, 0.15) is 17.1 Å². The Hall–Kier alpha value is -4.14. The maximum absolute atomic E-state index is 13.5. The lowest BCUT2D eigenvalue weighted by Gasteiger charge is -2.13. The number of benzene rings is 2. The van der Waals surface area contributed by atoms with E-state index in [0.717, 1.165) is 11.6 Å². The van der Waals surface area contributed by atoms with Crippen molar-refractivity contribution in [2.75, 3.05) is 7.11 Å². The summed E-state index contributed by atoms with van der Waals surface area (Å²) >= 11 is 0. The van der Waals surface area contributed by atoms with Crippen molar-refractivity contribution in [3.8, 4) is 22.7 Å². The van der Waals surface area contributed by atoms with Crippen LogP contribution < -0.4 is 10.3 Å². The second-order valence-electron chi connectivity index (χ2n) is 7.47. The number of ether oxygens (including phenoxy) is 1. The Morgan fingerprint density at radius 1 is 0.939 bits per heavy atom. The number of aromatic nitrogens is 4. The van der Waals surface area contributed by atoms with Gasteiger partial charge in [-0.1, -0.05) is 18.2 Å². The van der Waals surface area contributed by atoms with Crippen LogP contribution in [-0.2, 0) is 13.2 Å². The highest BCUT2D eigenvalue weighted by Gasteiger charge is 2.33. The zero-order valence-electron chi connectivity index (χ0n) is 17.6. The molecule has 33 heavy (non-hydrogen) atoms. The lowest BCUT2D eigenvalue weighted by atomic mass is 10.0. The number of hydrogen-bond acceptors (Lipinski definition) is 4. The van der Waals surface area contributed by atoms with E-state index < -0.39 is 17.4 Å². The summed E-state index contributed by atoms with van der Waals surface area (Å²) < 4.78 is 48.5. The largest absolute Gasteiger partial charge is 0.497 e.